The molecule has 1 amide bonds. The molecule has 120 valence electrons. The number of fused-ring (bicyclic) bond motifs is 1. The molecular formula is C18H21N3O2. The molecule has 5 heteroatoms. The number of nitrogens with zero attached hydrogens (tertiary/aromatic N) is 2. The number of rotatable bonds is 3. The average Bonchev–Trinajstić information content (AvgIpc) is 3.30. The molecule has 4 rings (SSSR count). The molecule has 0 saturated heterocycles. The van der Waals surface area contributed by atoms with Crippen molar-refractivity contribution in [3.05, 3.63) is 52.7 Å². The van der Waals surface area contributed by atoms with Gasteiger partial charge in [-0.1, -0.05) is 24.3 Å². The van der Waals surface area contributed by atoms with E-state index < -0.39 is 0 Å². The van der Waals surface area contributed by atoms with Gasteiger partial charge in [-0.2, -0.15) is 0 Å². The van der Waals surface area contributed by atoms with Crippen molar-refractivity contribution in [3.63, 3.8) is 0 Å². The van der Waals surface area contributed by atoms with Gasteiger partial charge in [0.05, 0.1) is 11.7 Å². The highest BCUT2D eigenvalue weighted by atomic mass is 16.4. The maximum Gasteiger partial charge on any atom is 0.289 e. The highest BCUT2D eigenvalue weighted by Gasteiger charge is 2.32. The van der Waals surface area contributed by atoms with Crippen LogP contribution in [0, 0.1) is 6.92 Å². The Morgan fingerprint density at radius 2 is 2.13 bits per heavy atom. The largest absolute Gasteiger partial charge is 0.435 e. The third-order valence-electron chi connectivity index (χ3n) is 4.62. The Labute approximate surface area is 135 Å². The summed E-state index contributed by atoms with van der Waals surface area (Å²) in [6.07, 6.45) is 2.23. The van der Waals surface area contributed by atoms with Crippen molar-refractivity contribution in [1.82, 2.24) is 15.2 Å². The second-order valence-corrected chi connectivity index (χ2v) is 6.66. The fourth-order valence-corrected chi connectivity index (χ4v) is 3.26. The van der Waals surface area contributed by atoms with Gasteiger partial charge in [0.25, 0.3) is 5.91 Å². The average molecular weight is 311 g/mol. The standard InChI is InChI=1S/C18H21N3O2/c1-11-16(23-18(19-11)12-7-8-12)17(22)20-15-10-21(2)9-13-5-3-4-6-14(13)15/h3-6,12,15H,7-10H2,1-2H3,(H,20,22). The lowest BCUT2D eigenvalue weighted by molar-refractivity contribution is 0.0891. The predicted octanol–water partition coefficient (Wildman–Crippen LogP) is 2.78. The van der Waals surface area contributed by atoms with Crippen LogP contribution < -0.4 is 5.32 Å². The number of hydrogen-bond donors (Lipinski definition) is 1. The van der Waals surface area contributed by atoms with Gasteiger partial charge in [-0.25, -0.2) is 4.98 Å². The molecular weight excluding hydrogens is 290 g/mol. The van der Waals surface area contributed by atoms with E-state index in [4.69, 9.17) is 4.42 Å². The molecule has 2 aliphatic rings. The minimum atomic E-state index is -0.169. The van der Waals surface area contributed by atoms with Crippen LogP contribution in [-0.2, 0) is 6.54 Å². The first-order chi connectivity index (χ1) is 11.1. The van der Waals surface area contributed by atoms with Gasteiger partial charge in [0.1, 0.15) is 0 Å². The lowest BCUT2D eigenvalue weighted by Gasteiger charge is -2.32. The van der Waals surface area contributed by atoms with Crippen molar-refractivity contribution >= 4 is 5.91 Å². The zero-order valence-corrected chi connectivity index (χ0v) is 13.5. The molecule has 5 nitrogen and oxygen atoms in total. The van der Waals surface area contributed by atoms with E-state index in [0.717, 1.165) is 25.9 Å². The van der Waals surface area contributed by atoms with Crippen LogP contribution in [0.1, 0.15) is 58.1 Å². The fraction of sp³-hybridized carbons (Fsp3) is 0.444. The molecule has 2 aromatic rings. The van der Waals surface area contributed by atoms with E-state index in [0.29, 0.717) is 23.3 Å². The molecule has 1 aliphatic carbocycles. The topological polar surface area (TPSA) is 58.4 Å². The van der Waals surface area contributed by atoms with Gasteiger partial charge in [-0.05, 0) is 37.9 Å². The Morgan fingerprint density at radius 3 is 2.91 bits per heavy atom. The van der Waals surface area contributed by atoms with Gasteiger partial charge >= 0.3 is 0 Å². The van der Waals surface area contributed by atoms with Crippen LogP contribution in [0.15, 0.2) is 28.7 Å². The summed E-state index contributed by atoms with van der Waals surface area (Å²) in [6.45, 7) is 3.55. The third-order valence-corrected chi connectivity index (χ3v) is 4.62. The zero-order valence-electron chi connectivity index (χ0n) is 13.5. The molecule has 1 aromatic heterocycles. The quantitative estimate of drug-likeness (QED) is 0.947. The van der Waals surface area contributed by atoms with Gasteiger partial charge in [-0.15, -0.1) is 0 Å². The summed E-state index contributed by atoms with van der Waals surface area (Å²) in [7, 11) is 2.07. The Morgan fingerprint density at radius 1 is 1.35 bits per heavy atom. The van der Waals surface area contributed by atoms with Gasteiger partial charge < -0.3 is 9.73 Å². The van der Waals surface area contributed by atoms with Crippen molar-refractivity contribution in [2.45, 2.75) is 38.3 Å². The summed E-state index contributed by atoms with van der Waals surface area (Å²) in [6, 6.07) is 8.25. The van der Waals surface area contributed by atoms with E-state index in [1.165, 1.54) is 11.1 Å². The first kappa shape index (κ1) is 14.5. The number of nitrogens with one attached hydrogen (secondary N) is 1. The summed E-state index contributed by atoms with van der Waals surface area (Å²) in [4.78, 5) is 19.3. The number of likely N-dealkylation sites (N-methyl/N-ethyl adjacent to an activating group) is 1. The van der Waals surface area contributed by atoms with Crippen LogP contribution in [0.2, 0.25) is 0 Å². The summed E-state index contributed by atoms with van der Waals surface area (Å²) >= 11 is 0. The van der Waals surface area contributed by atoms with Gasteiger partial charge in [0.2, 0.25) is 5.76 Å². The van der Waals surface area contributed by atoms with Crippen molar-refractivity contribution in [3.8, 4) is 0 Å². The van der Waals surface area contributed by atoms with Crippen molar-refractivity contribution < 1.29 is 9.21 Å². The highest BCUT2D eigenvalue weighted by molar-refractivity contribution is 5.92. The van der Waals surface area contributed by atoms with E-state index >= 15 is 0 Å². The number of aromatic nitrogens is 1. The van der Waals surface area contributed by atoms with Crippen LogP contribution in [0.3, 0.4) is 0 Å². The van der Waals surface area contributed by atoms with Crippen LogP contribution >= 0.6 is 0 Å². The van der Waals surface area contributed by atoms with Crippen molar-refractivity contribution in [2.24, 2.45) is 0 Å². The Balaban J connectivity index is 1.57. The van der Waals surface area contributed by atoms with Crippen molar-refractivity contribution in [2.75, 3.05) is 13.6 Å². The van der Waals surface area contributed by atoms with E-state index in [1.807, 2.05) is 19.1 Å². The minimum Gasteiger partial charge on any atom is -0.435 e. The van der Waals surface area contributed by atoms with Crippen LogP contribution in [-0.4, -0.2) is 29.4 Å². The molecule has 0 radical (unpaired) electrons. The first-order valence-corrected chi connectivity index (χ1v) is 8.16. The minimum absolute atomic E-state index is 0.0219. The molecule has 1 saturated carbocycles. The molecule has 1 aliphatic heterocycles. The number of hydrogen-bond acceptors (Lipinski definition) is 4. The van der Waals surface area contributed by atoms with Crippen LogP contribution in [0.25, 0.3) is 0 Å². The normalized spacial score (nSPS) is 21.0. The summed E-state index contributed by atoms with van der Waals surface area (Å²) < 4.78 is 5.72. The molecule has 0 bridgehead atoms. The Bertz CT molecular complexity index is 748. The second-order valence-electron chi connectivity index (χ2n) is 6.66. The van der Waals surface area contributed by atoms with E-state index in [2.05, 4.69) is 34.4 Å². The third kappa shape index (κ3) is 2.77. The van der Waals surface area contributed by atoms with Crippen LogP contribution in [0.4, 0.5) is 0 Å². The number of benzene rings is 1. The molecule has 1 fully saturated rings. The zero-order chi connectivity index (χ0) is 16.0. The van der Waals surface area contributed by atoms with E-state index in [1.54, 1.807) is 0 Å². The maximum absolute atomic E-state index is 12.6. The number of aryl methyl sites for hydroxylation is 1. The van der Waals surface area contributed by atoms with Crippen LogP contribution in [0.5, 0.6) is 0 Å². The van der Waals surface area contributed by atoms with E-state index in [9.17, 15) is 4.79 Å². The molecule has 1 aromatic carbocycles. The smallest absolute Gasteiger partial charge is 0.289 e. The monoisotopic (exact) mass is 311 g/mol. The second kappa shape index (κ2) is 5.49. The van der Waals surface area contributed by atoms with E-state index in [-0.39, 0.29) is 11.9 Å². The number of oxazole rings is 1. The van der Waals surface area contributed by atoms with Gasteiger partial charge in [0.15, 0.2) is 5.89 Å². The van der Waals surface area contributed by atoms with Gasteiger partial charge in [-0.3, -0.25) is 9.69 Å². The predicted molar refractivity (Wildman–Crippen MR) is 86.2 cm³/mol. The fourth-order valence-electron chi connectivity index (χ4n) is 3.26. The molecule has 23 heavy (non-hydrogen) atoms. The molecule has 1 unspecified atom stereocenters. The lowest BCUT2D eigenvalue weighted by atomic mass is 9.95. The van der Waals surface area contributed by atoms with Gasteiger partial charge in [0, 0.05) is 19.0 Å². The molecule has 1 N–H and O–H groups in total. The molecule has 2 heterocycles. The summed E-state index contributed by atoms with van der Waals surface area (Å²) in [5, 5.41) is 3.12. The summed E-state index contributed by atoms with van der Waals surface area (Å²) in [5.41, 5.74) is 3.14. The number of carbonyl (C=O) groups excluding carboxylic acids is 1. The Hall–Kier alpha value is -2.14. The molecule has 0 spiro atoms. The highest BCUT2D eigenvalue weighted by Crippen LogP contribution is 2.40. The SMILES string of the molecule is Cc1nc(C2CC2)oc1C(=O)NC1CN(C)Cc2ccccc21. The number of amides is 1. The first-order valence-electron chi connectivity index (χ1n) is 8.16. The number of carbonyl (C=O) groups is 1. The van der Waals surface area contributed by atoms with Crippen molar-refractivity contribution in [1.29, 1.82) is 0 Å². The lowest BCUT2D eigenvalue weighted by Crippen LogP contribution is -2.40. The Kier molecular flexibility index (Phi) is 3.45. The summed E-state index contributed by atoms with van der Waals surface area (Å²) in [5.74, 6) is 1.32. The maximum atomic E-state index is 12.6. The molecule has 1 atom stereocenters.